The largest absolute Gasteiger partial charge is 0.493 e. The zero-order chi connectivity index (χ0) is 19.3. The molecule has 28 heavy (non-hydrogen) atoms. The third kappa shape index (κ3) is 4.10. The Morgan fingerprint density at radius 1 is 1.11 bits per heavy atom. The topological polar surface area (TPSA) is 53.2 Å². The highest BCUT2D eigenvalue weighted by atomic mass is 32.1. The number of nitrogens with zero attached hydrogens (tertiary/aromatic N) is 2. The number of quaternary nitrogens is 1. The van der Waals surface area contributed by atoms with Gasteiger partial charge in [-0.1, -0.05) is 6.07 Å². The number of hydrogen-bond donors (Lipinski definition) is 1. The maximum absolute atomic E-state index is 5.41. The molecule has 1 aromatic carbocycles. The number of pyridine rings is 1. The summed E-state index contributed by atoms with van der Waals surface area (Å²) in [5.74, 6) is 2.67. The summed E-state index contributed by atoms with van der Waals surface area (Å²) in [6.45, 7) is 5.32. The van der Waals surface area contributed by atoms with E-state index >= 15 is 0 Å². The number of methoxy groups -OCH3 is 2. The summed E-state index contributed by atoms with van der Waals surface area (Å²) in [6.07, 6.45) is 1.99. The predicted octanol–water partition coefficient (Wildman–Crippen LogP) is 1.55. The van der Waals surface area contributed by atoms with Crippen LogP contribution in [0.1, 0.15) is 5.69 Å². The minimum Gasteiger partial charge on any atom is -0.493 e. The summed E-state index contributed by atoms with van der Waals surface area (Å²) in [5, 5.41) is 3.20. The molecule has 1 aliphatic heterocycles. The van der Waals surface area contributed by atoms with Crippen LogP contribution in [0.3, 0.4) is 0 Å². The van der Waals surface area contributed by atoms with Crippen molar-refractivity contribution in [2.24, 2.45) is 0 Å². The number of aromatic nitrogens is 2. The van der Waals surface area contributed by atoms with E-state index in [1.807, 2.05) is 30.5 Å². The Kier molecular flexibility index (Phi) is 5.73. The molecular formula is C21H26N4O2S+2. The minimum absolute atomic E-state index is 0.733. The van der Waals surface area contributed by atoms with Gasteiger partial charge in [0.25, 0.3) is 5.82 Å². The second-order valence-corrected chi connectivity index (χ2v) is 7.73. The Morgan fingerprint density at radius 2 is 1.93 bits per heavy atom. The fourth-order valence-corrected chi connectivity index (χ4v) is 4.38. The third-order valence-corrected chi connectivity index (χ3v) is 6.06. The van der Waals surface area contributed by atoms with E-state index < -0.39 is 0 Å². The molecule has 2 aromatic heterocycles. The number of H-pyrrole nitrogens is 1. The van der Waals surface area contributed by atoms with Crippen molar-refractivity contribution in [2.75, 3.05) is 45.3 Å². The normalized spacial score (nSPS) is 14.9. The fraction of sp³-hybridized carbons (Fsp3) is 0.333. The van der Waals surface area contributed by atoms with Gasteiger partial charge in [0.2, 0.25) is 0 Å². The third-order valence-electron chi connectivity index (χ3n) is 5.12. The van der Waals surface area contributed by atoms with Gasteiger partial charge in [-0.25, -0.2) is 9.97 Å². The second kappa shape index (κ2) is 8.58. The van der Waals surface area contributed by atoms with Gasteiger partial charge in [-0.2, -0.15) is 0 Å². The number of ether oxygens (including phenoxy) is 2. The van der Waals surface area contributed by atoms with E-state index in [4.69, 9.17) is 14.5 Å². The van der Waals surface area contributed by atoms with E-state index in [9.17, 15) is 0 Å². The van der Waals surface area contributed by atoms with Crippen molar-refractivity contribution >= 4 is 17.2 Å². The van der Waals surface area contributed by atoms with Crippen LogP contribution in [-0.4, -0.2) is 45.4 Å². The standard InChI is InChI=1S/C21H24N4O2S/c1-26-18-7-6-16(13-19(18)27-2)21-23-17(15-28-21)14-24-9-11-25(12-10-24)20-5-3-4-8-22-20/h3-8,13,15H,9-12,14H2,1-2H3/p+2. The Morgan fingerprint density at radius 3 is 2.64 bits per heavy atom. The molecule has 146 valence electrons. The lowest BCUT2D eigenvalue weighted by molar-refractivity contribution is -0.914. The summed E-state index contributed by atoms with van der Waals surface area (Å²) >= 11 is 1.69. The quantitative estimate of drug-likeness (QED) is 0.685. The lowest BCUT2D eigenvalue weighted by Crippen LogP contribution is -3.13. The SMILES string of the molecule is COc1ccc(-c2nc(C[NH+]3CCN(c4cccc[nH+]4)CC3)cs2)cc1OC. The van der Waals surface area contributed by atoms with Crippen LogP contribution in [0.15, 0.2) is 48.0 Å². The highest BCUT2D eigenvalue weighted by Crippen LogP contribution is 2.33. The summed E-state index contributed by atoms with van der Waals surface area (Å²) in [6, 6.07) is 12.2. The van der Waals surface area contributed by atoms with Crippen LogP contribution in [0, 0.1) is 0 Å². The molecule has 0 atom stereocenters. The van der Waals surface area contributed by atoms with Crippen molar-refractivity contribution in [2.45, 2.75) is 6.54 Å². The molecule has 0 saturated carbocycles. The zero-order valence-corrected chi connectivity index (χ0v) is 17.1. The number of rotatable bonds is 6. The van der Waals surface area contributed by atoms with Crippen LogP contribution in [0.4, 0.5) is 5.82 Å². The molecule has 6 nitrogen and oxygen atoms in total. The monoisotopic (exact) mass is 398 g/mol. The van der Waals surface area contributed by atoms with Gasteiger partial charge >= 0.3 is 0 Å². The van der Waals surface area contributed by atoms with Crippen molar-refractivity contribution in [3.8, 4) is 22.1 Å². The number of nitrogens with one attached hydrogen (secondary N) is 2. The number of benzene rings is 1. The van der Waals surface area contributed by atoms with E-state index in [0.717, 1.165) is 60.5 Å². The molecule has 0 radical (unpaired) electrons. The van der Waals surface area contributed by atoms with Crippen LogP contribution in [0.5, 0.6) is 11.5 Å². The van der Waals surface area contributed by atoms with E-state index in [0.29, 0.717) is 0 Å². The molecule has 3 heterocycles. The molecular weight excluding hydrogens is 372 g/mol. The van der Waals surface area contributed by atoms with Crippen molar-refractivity contribution in [1.82, 2.24) is 4.98 Å². The summed E-state index contributed by atoms with van der Waals surface area (Å²) in [7, 11) is 3.31. The van der Waals surface area contributed by atoms with Crippen molar-refractivity contribution in [3.63, 3.8) is 0 Å². The minimum atomic E-state index is 0.733. The Bertz CT molecular complexity index is 908. The number of aromatic amines is 1. The maximum Gasteiger partial charge on any atom is 0.274 e. The zero-order valence-electron chi connectivity index (χ0n) is 16.3. The smallest absolute Gasteiger partial charge is 0.274 e. The van der Waals surface area contributed by atoms with Crippen molar-refractivity contribution in [1.29, 1.82) is 0 Å². The van der Waals surface area contributed by atoms with Crippen LogP contribution < -0.4 is 24.3 Å². The lowest BCUT2D eigenvalue weighted by Gasteiger charge is -2.27. The van der Waals surface area contributed by atoms with Gasteiger partial charge in [0, 0.05) is 17.0 Å². The number of thiazole rings is 1. The molecule has 3 aromatic rings. The predicted molar refractivity (Wildman–Crippen MR) is 110 cm³/mol. The second-order valence-electron chi connectivity index (χ2n) is 6.88. The Balaban J connectivity index is 1.38. The molecule has 0 spiro atoms. The van der Waals surface area contributed by atoms with Gasteiger partial charge in [0.15, 0.2) is 11.5 Å². The van der Waals surface area contributed by atoms with Crippen LogP contribution in [0.2, 0.25) is 0 Å². The molecule has 2 N–H and O–H groups in total. The van der Waals surface area contributed by atoms with E-state index in [1.165, 1.54) is 5.82 Å². The van der Waals surface area contributed by atoms with Crippen molar-refractivity contribution in [3.05, 3.63) is 53.7 Å². The van der Waals surface area contributed by atoms with Crippen LogP contribution in [0.25, 0.3) is 10.6 Å². The molecule has 4 rings (SSSR count). The van der Waals surface area contributed by atoms with Gasteiger partial charge in [-0.05, 0) is 24.3 Å². The summed E-state index contributed by atoms with van der Waals surface area (Å²) in [4.78, 5) is 12.2. The van der Waals surface area contributed by atoms with Gasteiger partial charge in [-0.3, -0.25) is 4.90 Å². The van der Waals surface area contributed by atoms with Gasteiger partial charge in [0.05, 0.1) is 20.4 Å². The summed E-state index contributed by atoms with van der Waals surface area (Å²) in [5.41, 5.74) is 2.22. The van der Waals surface area contributed by atoms with Crippen molar-refractivity contribution < 1.29 is 19.4 Å². The molecule has 1 fully saturated rings. The van der Waals surface area contributed by atoms with Crippen LogP contribution >= 0.6 is 11.3 Å². The van der Waals surface area contributed by atoms with Gasteiger partial charge in [-0.15, -0.1) is 11.3 Å². The number of hydrogen-bond acceptors (Lipinski definition) is 5. The molecule has 0 bridgehead atoms. The molecule has 0 amide bonds. The first kappa shape index (κ1) is 18.7. The van der Waals surface area contributed by atoms with E-state index in [1.54, 1.807) is 30.5 Å². The van der Waals surface area contributed by atoms with E-state index in [2.05, 4.69) is 27.4 Å². The Hall–Kier alpha value is -2.64. The average Bonchev–Trinajstić information content (AvgIpc) is 3.23. The first-order valence-electron chi connectivity index (χ1n) is 9.49. The fourth-order valence-electron chi connectivity index (χ4n) is 3.57. The first-order valence-corrected chi connectivity index (χ1v) is 10.4. The molecule has 1 aliphatic rings. The molecule has 7 heteroatoms. The average molecular weight is 399 g/mol. The number of anilines is 1. The summed E-state index contributed by atoms with van der Waals surface area (Å²) < 4.78 is 10.7. The highest BCUT2D eigenvalue weighted by Gasteiger charge is 2.26. The molecule has 0 aliphatic carbocycles. The van der Waals surface area contributed by atoms with Crippen LogP contribution in [-0.2, 0) is 6.54 Å². The number of piperazine rings is 1. The molecule has 1 saturated heterocycles. The van der Waals surface area contributed by atoms with Gasteiger partial charge < -0.3 is 14.4 Å². The highest BCUT2D eigenvalue weighted by molar-refractivity contribution is 7.13. The Labute approximate surface area is 169 Å². The molecule has 0 unspecified atom stereocenters. The first-order chi connectivity index (χ1) is 13.8. The maximum atomic E-state index is 5.41. The lowest BCUT2D eigenvalue weighted by atomic mass is 10.2. The van der Waals surface area contributed by atoms with E-state index in [-0.39, 0.29) is 0 Å². The van der Waals surface area contributed by atoms with Gasteiger partial charge in [0.1, 0.15) is 43.4 Å².